The van der Waals surface area contributed by atoms with E-state index in [0.29, 0.717) is 0 Å². The number of aliphatic hydroxyl groups is 2. The molecule has 2 bridgehead atoms. The van der Waals surface area contributed by atoms with Gasteiger partial charge in [0, 0.05) is 0 Å². The average molecular weight is 179 g/mol. The lowest BCUT2D eigenvalue weighted by Gasteiger charge is -2.26. The Balaban J connectivity index is 2.18. The molecule has 6 nitrogen and oxygen atoms in total. The van der Waals surface area contributed by atoms with Crippen LogP contribution in [-0.2, 0) is 13.3 Å². The summed E-state index contributed by atoms with van der Waals surface area (Å²) in [5, 5.41) is 23.7. The number of fused-ring (bicyclic) bond motifs is 2. The first-order valence-electron chi connectivity index (χ1n) is 3.25. The molecule has 4 atom stereocenters. The molecule has 64 valence electrons. The highest BCUT2D eigenvalue weighted by Crippen LogP contribution is 2.27. The minimum absolute atomic E-state index is 0.0739. The molecule has 2 saturated heterocycles. The third-order valence-electron chi connectivity index (χ3n) is 1.70. The van der Waals surface area contributed by atoms with Gasteiger partial charge in [0.1, 0.15) is 12.2 Å². The van der Waals surface area contributed by atoms with Gasteiger partial charge in [-0.1, -0.05) is 0 Å². The maximum absolute atomic E-state index is 9.16. The molecule has 2 rings (SSSR count). The molecule has 0 aromatic heterocycles. The van der Waals surface area contributed by atoms with Crippen LogP contribution in [0.4, 0.5) is 0 Å². The van der Waals surface area contributed by atoms with Gasteiger partial charge in [0.15, 0.2) is 6.29 Å². The zero-order valence-electron chi connectivity index (χ0n) is 5.64. The van der Waals surface area contributed by atoms with Crippen molar-refractivity contribution in [1.29, 1.82) is 0 Å². The number of hydrogen-bond acceptors (Lipinski definition) is 6. The molecule has 7 heteroatoms. The van der Waals surface area contributed by atoms with Crippen molar-refractivity contribution in [3.05, 3.63) is 0 Å². The van der Waals surface area contributed by atoms with Crippen LogP contribution in [0, 0.1) is 0 Å². The van der Waals surface area contributed by atoms with E-state index in [1.54, 1.807) is 0 Å². The van der Waals surface area contributed by atoms with E-state index in [9.17, 15) is 0 Å². The quantitative estimate of drug-likeness (QED) is 0.356. The second-order valence-corrected chi connectivity index (χ2v) is 4.54. The Kier molecular flexibility index (Phi) is 1.55. The Morgan fingerprint density at radius 2 is 2.09 bits per heavy atom. The highest BCUT2D eigenvalue weighted by molar-refractivity contribution is 6.57. The highest BCUT2D eigenvalue weighted by atomic mass is 28.4. The maximum atomic E-state index is 9.16. The minimum atomic E-state index is -3.05. The monoisotopic (exact) mass is 179 g/mol. The van der Waals surface area contributed by atoms with E-state index < -0.39 is 27.5 Å². The first-order chi connectivity index (χ1) is 5.11. The lowest BCUT2D eigenvalue weighted by Crippen LogP contribution is -2.57. The maximum Gasteiger partial charge on any atom is 0.596 e. The number of rotatable bonds is 0. The van der Waals surface area contributed by atoms with Gasteiger partial charge in [0.2, 0.25) is 0 Å². The van der Waals surface area contributed by atoms with Crippen molar-refractivity contribution in [2.45, 2.75) is 18.5 Å². The van der Waals surface area contributed by atoms with E-state index in [1.165, 1.54) is 0 Å². The van der Waals surface area contributed by atoms with Crippen molar-refractivity contribution in [1.82, 2.24) is 0 Å². The topological polar surface area (TPSA) is 94.2 Å². The van der Waals surface area contributed by atoms with Gasteiger partial charge in [-0.05, 0) is 0 Å². The molecule has 11 heavy (non-hydrogen) atoms. The summed E-state index contributed by atoms with van der Waals surface area (Å²) >= 11 is 0. The molecular formula is C4H9NO5Si. The summed E-state index contributed by atoms with van der Waals surface area (Å²) in [7, 11) is -3.05. The van der Waals surface area contributed by atoms with E-state index in [-0.39, 0.29) is 6.61 Å². The van der Waals surface area contributed by atoms with Gasteiger partial charge in [-0.2, -0.15) is 0 Å². The summed E-state index contributed by atoms with van der Waals surface area (Å²) in [5.74, 6) is 0. The smallest absolute Gasteiger partial charge is 0.388 e. The molecule has 4 N–H and O–H groups in total. The largest absolute Gasteiger partial charge is 0.596 e. The average Bonchev–Trinajstić information content (AvgIpc) is 2.18. The van der Waals surface area contributed by atoms with Crippen molar-refractivity contribution < 1.29 is 23.5 Å². The van der Waals surface area contributed by atoms with Gasteiger partial charge in [-0.15, -0.1) is 0 Å². The van der Waals surface area contributed by atoms with E-state index in [4.69, 9.17) is 28.9 Å². The zero-order chi connectivity index (χ0) is 8.06. The lowest BCUT2D eigenvalue weighted by atomic mass is 10.2. The molecule has 0 radical (unpaired) electrons. The molecule has 0 aromatic carbocycles. The Labute approximate surface area is 63.9 Å². The van der Waals surface area contributed by atoms with Crippen LogP contribution in [0.5, 0.6) is 0 Å². The fraction of sp³-hybridized carbons (Fsp3) is 1.00. The Morgan fingerprint density at radius 3 is 2.73 bits per heavy atom. The molecule has 2 aliphatic heterocycles. The third kappa shape index (κ3) is 1.10. The first-order valence-corrected chi connectivity index (χ1v) is 5.05. The molecule has 2 fully saturated rings. The fourth-order valence-corrected chi connectivity index (χ4v) is 2.86. The predicted molar refractivity (Wildman–Crippen MR) is 33.9 cm³/mol. The van der Waals surface area contributed by atoms with Crippen LogP contribution in [0.1, 0.15) is 0 Å². The molecule has 0 saturated carbocycles. The number of nitrogens with two attached hydrogens (primary N) is 1. The Bertz CT molecular complexity index is 180. The molecule has 4 unspecified atom stereocenters. The van der Waals surface area contributed by atoms with Crippen LogP contribution in [0.2, 0.25) is 0 Å². The normalized spacial score (nSPS) is 56.5. The van der Waals surface area contributed by atoms with E-state index in [1.807, 2.05) is 0 Å². The Morgan fingerprint density at radius 1 is 1.36 bits per heavy atom. The lowest BCUT2D eigenvalue weighted by molar-refractivity contribution is -0.0924. The summed E-state index contributed by atoms with van der Waals surface area (Å²) in [4.78, 5) is 0. The second kappa shape index (κ2) is 2.23. The Hall–Kier alpha value is -0.0231. The predicted octanol–water partition coefficient (Wildman–Crippen LogP) is -2.49. The van der Waals surface area contributed by atoms with Crippen LogP contribution in [0.15, 0.2) is 0 Å². The van der Waals surface area contributed by atoms with Crippen LogP contribution >= 0.6 is 0 Å². The van der Waals surface area contributed by atoms with Crippen LogP contribution in [0.3, 0.4) is 0 Å². The molecule has 0 aliphatic carbocycles. The van der Waals surface area contributed by atoms with E-state index in [2.05, 4.69) is 0 Å². The molecule has 0 spiro atoms. The highest BCUT2D eigenvalue weighted by Gasteiger charge is 2.57. The molecule has 0 aromatic rings. The first kappa shape index (κ1) is 7.62. The summed E-state index contributed by atoms with van der Waals surface area (Å²) in [5.41, 5.74) is 0. The van der Waals surface area contributed by atoms with E-state index >= 15 is 0 Å². The van der Waals surface area contributed by atoms with Crippen molar-refractivity contribution >= 4 is 8.97 Å². The van der Waals surface area contributed by atoms with Gasteiger partial charge in [-0.3, -0.25) is 5.40 Å². The van der Waals surface area contributed by atoms with Gasteiger partial charge < -0.3 is 23.5 Å². The third-order valence-corrected chi connectivity index (χ3v) is 3.44. The van der Waals surface area contributed by atoms with Crippen molar-refractivity contribution in [2.75, 3.05) is 6.61 Å². The van der Waals surface area contributed by atoms with E-state index in [0.717, 1.165) is 0 Å². The van der Waals surface area contributed by atoms with Crippen LogP contribution in [-0.4, -0.2) is 44.3 Å². The molecular weight excluding hydrogens is 170 g/mol. The SMILES string of the molecule is N[Si]12OCC(O)C(O1)C(O)O2. The standard InChI is InChI=1S/C4H9NO5Si/c5-11-8-1-2(6)3(9-11)4(7)10-11/h2-4,6-7H,1,5H2. The van der Waals surface area contributed by atoms with Gasteiger partial charge in [0.25, 0.3) is 0 Å². The van der Waals surface area contributed by atoms with Crippen molar-refractivity contribution in [2.24, 2.45) is 5.40 Å². The number of hydrogen-bond donors (Lipinski definition) is 3. The molecule has 2 heterocycles. The van der Waals surface area contributed by atoms with Gasteiger partial charge >= 0.3 is 8.97 Å². The summed E-state index contributed by atoms with van der Waals surface area (Å²) in [6.45, 7) is 0.0739. The summed E-state index contributed by atoms with van der Waals surface area (Å²) in [6, 6.07) is 0. The molecule has 2 aliphatic rings. The zero-order valence-corrected chi connectivity index (χ0v) is 6.64. The number of aliphatic hydroxyl groups excluding tert-OH is 2. The van der Waals surface area contributed by atoms with Crippen molar-refractivity contribution in [3.8, 4) is 0 Å². The fourth-order valence-electron chi connectivity index (χ4n) is 1.14. The van der Waals surface area contributed by atoms with Crippen LogP contribution < -0.4 is 5.40 Å². The molecule has 0 amide bonds. The second-order valence-electron chi connectivity index (χ2n) is 2.57. The minimum Gasteiger partial charge on any atom is -0.388 e. The summed E-state index contributed by atoms with van der Waals surface area (Å²) < 4.78 is 14.7. The summed E-state index contributed by atoms with van der Waals surface area (Å²) in [6.07, 6.45) is -2.73. The van der Waals surface area contributed by atoms with Gasteiger partial charge in [0.05, 0.1) is 6.61 Å². The van der Waals surface area contributed by atoms with Crippen molar-refractivity contribution in [3.63, 3.8) is 0 Å². The van der Waals surface area contributed by atoms with Gasteiger partial charge in [-0.25, -0.2) is 0 Å². The van der Waals surface area contributed by atoms with Crippen LogP contribution in [0.25, 0.3) is 0 Å².